The van der Waals surface area contributed by atoms with E-state index in [9.17, 15) is 8.42 Å². The van der Waals surface area contributed by atoms with Crippen molar-refractivity contribution in [3.8, 4) is 5.75 Å². The number of rotatable bonds is 5. The molecular weight excluding hydrogens is 324 g/mol. The second-order valence-corrected chi connectivity index (χ2v) is 8.94. The van der Waals surface area contributed by atoms with Gasteiger partial charge in [0.1, 0.15) is 5.75 Å². The van der Waals surface area contributed by atoms with Crippen molar-refractivity contribution in [1.82, 2.24) is 9.21 Å². The predicted molar refractivity (Wildman–Crippen MR) is 95.6 cm³/mol. The van der Waals surface area contributed by atoms with Crippen LogP contribution in [0.5, 0.6) is 5.75 Å². The van der Waals surface area contributed by atoms with Crippen LogP contribution in [0.4, 0.5) is 0 Å². The van der Waals surface area contributed by atoms with E-state index >= 15 is 0 Å². The van der Waals surface area contributed by atoms with Crippen LogP contribution in [0.1, 0.15) is 37.7 Å². The molecule has 1 aliphatic heterocycles. The van der Waals surface area contributed by atoms with Crippen molar-refractivity contribution in [1.29, 1.82) is 0 Å². The molecule has 0 atom stereocenters. The molecule has 134 valence electrons. The zero-order valence-electron chi connectivity index (χ0n) is 14.5. The lowest BCUT2D eigenvalue weighted by Crippen LogP contribution is -2.47. The Hall–Kier alpha value is -1.11. The van der Waals surface area contributed by atoms with Crippen molar-refractivity contribution in [3.05, 3.63) is 29.8 Å². The lowest BCUT2D eigenvalue weighted by atomic mass is 9.98. The highest BCUT2D eigenvalue weighted by Crippen LogP contribution is 2.24. The summed E-state index contributed by atoms with van der Waals surface area (Å²) in [6.45, 7) is 3.60. The van der Waals surface area contributed by atoms with E-state index in [-0.39, 0.29) is 0 Å². The smallest absolute Gasteiger partial charge is 0.211 e. The van der Waals surface area contributed by atoms with E-state index in [2.05, 4.69) is 29.2 Å². The molecule has 0 amide bonds. The Morgan fingerprint density at radius 3 is 2.21 bits per heavy atom. The fraction of sp³-hybridized carbons (Fsp3) is 0.667. The summed E-state index contributed by atoms with van der Waals surface area (Å²) < 4.78 is 30.7. The maximum absolute atomic E-state index is 11.5. The molecule has 1 saturated carbocycles. The number of benzene rings is 1. The van der Waals surface area contributed by atoms with Crippen LogP contribution in [0, 0.1) is 0 Å². The largest absolute Gasteiger partial charge is 0.490 e. The normalized spacial score (nSPS) is 21.7. The lowest BCUT2D eigenvalue weighted by Gasteiger charge is -2.33. The first-order valence-corrected chi connectivity index (χ1v) is 10.8. The van der Waals surface area contributed by atoms with Gasteiger partial charge >= 0.3 is 0 Å². The number of ether oxygens (including phenoxy) is 1. The Kier molecular flexibility index (Phi) is 5.79. The van der Waals surface area contributed by atoms with Gasteiger partial charge in [-0.1, -0.05) is 18.6 Å². The summed E-state index contributed by atoms with van der Waals surface area (Å²) in [6, 6.07) is 8.38. The SMILES string of the molecule is CS(=O)(=O)N1CCN(Cc2ccc(OC3CCCCC3)cc2)CC1. The molecule has 0 spiro atoms. The van der Waals surface area contributed by atoms with Crippen LogP contribution in [0.3, 0.4) is 0 Å². The zero-order valence-corrected chi connectivity index (χ0v) is 15.3. The molecule has 2 aliphatic rings. The molecule has 0 aromatic heterocycles. The highest BCUT2D eigenvalue weighted by atomic mass is 32.2. The predicted octanol–water partition coefficient (Wildman–Crippen LogP) is 2.48. The molecule has 2 fully saturated rings. The molecule has 24 heavy (non-hydrogen) atoms. The van der Waals surface area contributed by atoms with Crippen LogP contribution < -0.4 is 4.74 Å². The molecule has 1 aromatic rings. The Balaban J connectivity index is 1.48. The van der Waals surface area contributed by atoms with Crippen molar-refractivity contribution in [3.63, 3.8) is 0 Å². The Morgan fingerprint density at radius 2 is 1.62 bits per heavy atom. The first kappa shape index (κ1) is 17.7. The quantitative estimate of drug-likeness (QED) is 0.817. The van der Waals surface area contributed by atoms with Gasteiger partial charge in [0.15, 0.2) is 0 Å². The number of hydrogen-bond donors (Lipinski definition) is 0. The van der Waals surface area contributed by atoms with E-state index < -0.39 is 10.0 Å². The molecule has 1 saturated heterocycles. The Labute approximate surface area is 145 Å². The molecule has 0 bridgehead atoms. The van der Waals surface area contributed by atoms with Crippen LogP contribution in [0.25, 0.3) is 0 Å². The van der Waals surface area contributed by atoms with Gasteiger partial charge in [-0.15, -0.1) is 0 Å². The highest BCUT2D eigenvalue weighted by molar-refractivity contribution is 7.88. The summed E-state index contributed by atoms with van der Waals surface area (Å²) in [5.41, 5.74) is 1.25. The van der Waals surface area contributed by atoms with Crippen LogP contribution in [-0.4, -0.2) is 56.2 Å². The van der Waals surface area contributed by atoms with Crippen LogP contribution in [0.15, 0.2) is 24.3 Å². The monoisotopic (exact) mass is 352 g/mol. The fourth-order valence-corrected chi connectivity index (χ4v) is 4.35. The molecule has 0 unspecified atom stereocenters. The van der Waals surface area contributed by atoms with Crippen LogP contribution in [0.2, 0.25) is 0 Å². The van der Waals surface area contributed by atoms with E-state index in [1.54, 1.807) is 4.31 Å². The van der Waals surface area contributed by atoms with Crippen molar-refractivity contribution in [2.45, 2.75) is 44.8 Å². The first-order chi connectivity index (χ1) is 11.5. The van der Waals surface area contributed by atoms with Crippen molar-refractivity contribution in [2.75, 3.05) is 32.4 Å². The lowest BCUT2D eigenvalue weighted by molar-refractivity contribution is 0.155. The molecule has 0 N–H and O–H groups in total. The number of piperazine rings is 1. The zero-order chi connectivity index (χ0) is 17.0. The molecule has 6 heteroatoms. The van der Waals surface area contributed by atoms with Gasteiger partial charge in [-0.3, -0.25) is 4.90 Å². The van der Waals surface area contributed by atoms with E-state index in [4.69, 9.17) is 4.74 Å². The molecule has 1 aromatic carbocycles. The van der Waals surface area contributed by atoms with Gasteiger partial charge in [-0.2, -0.15) is 4.31 Å². The summed E-state index contributed by atoms with van der Waals surface area (Å²) in [6.07, 6.45) is 7.91. The minimum absolute atomic E-state index is 0.383. The van der Waals surface area contributed by atoms with Crippen molar-refractivity contribution < 1.29 is 13.2 Å². The minimum atomic E-state index is -3.05. The van der Waals surface area contributed by atoms with E-state index in [0.29, 0.717) is 19.2 Å². The van der Waals surface area contributed by atoms with Gasteiger partial charge in [0.05, 0.1) is 12.4 Å². The maximum Gasteiger partial charge on any atom is 0.211 e. The fourth-order valence-electron chi connectivity index (χ4n) is 3.53. The Morgan fingerprint density at radius 1 is 1.00 bits per heavy atom. The summed E-state index contributed by atoms with van der Waals surface area (Å²) in [5.74, 6) is 0.965. The topological polar surface area (TPSA) is 49.9 Å². The average molecular weight is 353 g/mol. The molecule has 5 nitrogen and oxygen atoms in total. The van der Waals surface area contributed by atoms with Gasteiger partial charge in [0.2, 0.25) is 10.0 Å². The molecular formula is C18H28N2O3S. The van der Waals surface area contributed by atoms with Crippen LogP contribution in [-0.2, 0) is 16.6 Å². The van der Waals surface area contributed by atoms with E-state index in [1.165, 1.54) is 43.9 Å². The van der Waals surface area contributed by atoms with E-state index in [1.807, 2.05) is 0 Å². The maximum atomic E-state index is 11.5. The summed E-state index contributed by atoms with van der Waals surface area (Å²) in [4.78, 5) is 2.30. The third-order valence-corrected chi connectivity index (χ3v) is 6.29. The third-order valence-electron chi connectivity index (χ3n) is 4.98. The minimum Gasteiger partial charge on any atom is -0.490 e. The van der Waals surface area contributed by atoms with Crippen molar-refractivity contribution in [2.24, 2.45) is 0 Å². The number of nitrogens with zero attached hydrogens (tertiary/aromatic N) is 2. The molecule has 3 rings (SSSR count). The van der Waals surface area contributed by atoms with Crippen LogP contribution >= 0.6 is 0 Å². The molecule has 0 radical (unpaired) electrons. The van der Waals surface area contributed by atoms with E-state index in [0.717, 1.165) is 25.4 Å². The summed E-state index contributed by atoms with van der Waals surface area (Å²) in [7, 11) is -3.05. The van der Waals surface area contributed by atoms with Gasteiger partial charge in [0.25, 0.3) is 0 Å². The van der Waals surface area contributed by atoms with Gasteiger partial charge in [-0.05, 0) is 43.4 Å². The van der Waals surface area contributed by atoms with Gasteiger partial charge in [-0.25, -0.2) is 8.42 Å². The Bertz CT molecular complexity index is 616. The van der Waals surface area contributed by atoms with Gasteiger partial charge < -0.3 is 4.74 Å². The standard InChI is InChI=1S/C18H28N2O3S/c1-24(21,22)20-13-11-19(12-14-20)15-16-7-9-18(10-8-16)23-17-5-3-2-4-6-17/h7-10,17H,2-6,11-15H2,1H3. The molecule has 1 aliphatic carbocycles. The first-order valence-electron chi connectivity index (χ1n) is 8.94. The third kappa shape index (κ3) is 4.94. The van der Waals surface area contributed by atoms with Gasteiger partial charge in [0, 0.05) is 32.7 Å². The molecule has 1 heterocycles. The second-order valence-electron chi connectivity index (χ2n) is 6.96. The average Bonchev–Trinajstić information content (AvgIpc) is 2.57. The number of sulfonamides is 1. The van der Waals surface area contributed by atoms with Crippen molar-refractivity contribution >= 4 is 10.0 Å². The highest BCUT2D eigenvalue weighted by Gasteiger charge is 2.23. The summed E-state index contributed by atoms with van der Waals surface area (Å²) >= 11 is 0. The second kappa shape index (κ2) is 7.85. The summed E-state index contributed by atoms with van der Waals surface area (Å²) in [5, 5.41) is 0. The number of hydrogen-bond acceptors (Lipinski definition) is 4.